The molecule has 110 valence electrons. The van der Waals surface area contributed by atoms with Crippen LogP contribution in [0.4, 0.5) is 5.69 Å². The molecule has 0 bridgehead atoms. The number of para-hydroxylation sites is 1. The third-order valence-electron chi connectivity index (χ3n) is 2.86. The Bertz CT molecular complexity index is 602. The van der Waals surface area contributed by atoms with Crippen LogP contribution in [-0.2, 0) is 0 Å². The minimum absolute atomic E-state index is 0.257. The zero-order chi connectivity index (χ0) is 15.1. The van der Waals surface area contributed by atoms with E-state index in [2.05, 4.69) is 21.2 Å². The van der Waals surface area contributed by atoms with Gasteiger partial charge in [-0.2, -0.15) is 0 Å². The number of carboxylic acid groups (broad SMARTS) is 1. The van der Waals surface area contributed by atoms with Crippen LogP contribution in [0.2, 0.25) is 0 Å². The van der Waals surface area contributed by atoms with Crippen LogP contribution in [0.1, 0.15) is 16.8 Å². The number of hydrogen-bond donors (Lipinski definition) is 2. The zero-order valence-corrected chi connectivity index (χ0v) is 13.0. The Kier molecular flexibility index (Phi) is 5.63. The molecular weight excluding hydrogens is 334 g/mol. The third kappa shape index (κ3) is 4.79. The van der Waals surface area contributed by atoms with Gasteiger partial charge in [0.1, 0.15) is 5.75 Å². The van der Waals surface area contributed by atoms with Gasteiger partial charge in [-0.3, -0.25) is 0 Å². The Labute approximate surface area is 131 Å². The minimum atomic E-state index is -0.940. The maximum absolute atomic E-state index is 10.9. The Morgan fingerprint density at radius 1 is 1.19 bits per heavy atom. The van der Waals surface area contributed by atoms with Crippen molar-refractivity contribution in [1.82, 2.24) is 0 Å². The quantitative estimate of drug-likeness (QED) is 0.741. The molecule has 0 saturated heterocycles. The van der Waals surface area contributed by atoms with E-state index in [1.165, 1.54) is 0 Å². The molecule has 0 amide bonds. The van der Waals surface area contributed by atoms with Gasteiger partial charge >= 0.3 is 5.97 Å². The highest BCUT2D eigenvalue weighted by atomic mass is 79.9. The van der Waals surface area contributed by atoms with Gasteiger partial charge in [-0.1, -0.05) is 18.2 Å². The summed E-state index contributed by atoms with van der Waals surface area (Å²) in [5.41, 5.74) is 1.14. The first kappa shape index (κ1) is 15.4. The Balaban J connectivity index is 1.74. The van der Waals surface area contributed by atoms with E-state index in [4.69, 9.17) is 9.84 Å². The summed E-state index contributed by atoms with van der Waals surface area (Å²) in [4.78, 5) is 10.9. The maximum Gasteiger partial charge on any atom is 0.336 e. The number of carbonyl (C=O) groups is 1. The average molecular weight is 350 g/mol. The van der Waals surface area contributed by atoms with Crippen LogP contribution in [0, 0.1) is 0 Å². The highest BCUT2D eigenvalue weighted by molar-refractivity contribution is 9.10. The number of ether oxygens (including phenoxy) is 1. The normalized spacial score (nSPS) is 10.1. The van der Waals surface area contributed by atoms with Gasteiger partial charge in [0.2, 0.25) is 0 Å². The summed E-state index contributed by atoms with van der Waals surface area (Å²) >= 11 is 3.26. The van der Waals surface area contributed by atoms with E-state index >= 15 is 0 Å². The predicted molar refractivity (Wildman–Crippen MR) is 86.1 cm³/mol. The second kappa shape index (κ2) is 7.69. The highest BCUT2D eigenvalue weighted by Gasteiger charge is 2.07. The van der Waals surface area contributed by atoms with Gasteiger partial charge in [0.05, 0.1) is 12.2 Å². The first-order valence-corrected chi connectivity index (χ1v) is 7.40. The number of aromatic carboxylic acids is 1. The average Bonchev–Trinajstić information content (AvgIpc) is 2.47. The number of nitrogens with one attached hydrogen (secondary N) is 1. The number of carboxylic acids is 1. The molecule has 2 rings (SSSR count). The predicted octanol–water partition coefficient (Wildman–Crippen LogP) is 4.03. The zero-order valence-electron chi connectivity index (χ0n) is 11.4. The smallest absolute Gasteiger partial charge is 0.336 e. The summed E-state index contributed by atoms with van der Waals surface area (Å²) in [5, 5.41) is 12.2. The van der Waals surface area contributed by atoms with Crippen molar-refractivity contribution in [3.63, 3.8) is 0 Å². The minimum Gasteiger partial charge on any atom is -0.494 e. The molecule has 4 nitrogen and oxygen atoms in total. The van der Waals surface area contributed by atoms with E-state index in [1.807, 2.05) is 30.3 Å². The van der Waals surface area contributed by atoms with Crippen LogP contribution in [0.5, 0.6) is 5.75 Å². The highest BCUT2D eigenvalue weighted by Crippen LogP contribution is 2.21. The molecule has 0 aromatic heterocycles. The second-order valence-electron chi connectivity index (χ2n) is 4.44. The number of rotatable bonds is 7. The van der Waals surface area contributed by atoms with E-state index < -0.39 is 5.97 Å². The van der Waals surface area contributed by atoms with Gasteiger partial charge < -0.3 is 15.2 Å². The standard InChI is InChI=1S/C16H16BrNO3/c17-15-11-12(7-8-14(15)16(19)20)18-9-4-10-21-13-5-2-1-3-6-13/h1-3,5-8,11,18H,4,9-10H2,(H,19,20). The van der Waals surface area contributed by atoms with Gasteiger partial charge in [0, 0.05) is 16.7 Å². The molecule has 2 aromatic carbocycles. The summed E-state index contributed by atoms with van der Waals surface area (Å²) in [6, 6.07) is 14.8. The maximum atomic E-state index is 10.9. The number of benzene rings is 2. The van der Waals surface area contributed by atoms with E-state index in [1.54, 1.807) is 18.2 Å². The lowest BCUT2D eigenvalue weighted by Gasteiger charge is -2.09. The summed E-state index contributed by atoms with van der Waals surface area (Å²) in [6.45, 7) is 1.39. The molecule has 0 atom stereocenters. The third-order valence-corrected chi connectivity index (χ3v) is 3.52. The number of halogens is 1. The number of anilines is 1. The van der Waals surface area contributed by atoms with E-state index in [-0.39, 0.29) is 5.56 Å². The molecule has 0 aliphatic rings. The van der Waals surface area contributed by atoms with Crippen molar-refractivity contribution in [3.05, 3.63) is 58.6 Å². The SMILES string of the molecule is O=C(O)c1ccc(NCCCOc2ccccc2)cc1Br. The number of hydrogen-bond acceptors (Lipinski definition) is 3. The van der Waals surface area contributed by atoms with Gasteiger partial charge in [-0.15, -0.1) is 0 Å². The fourth-order valence-corrected chi connectivity index (χ4v) is 2.36. The molecule has 0 aliphatic carbocycles. The first-order chi connectivity index (χ1) is 10.2. The fraction of sp³-hybridized carbons (Fsp3) is 0.188. The summed E-state index contributed by atoms with van der Waals surface area (Å²) in [5.74, 6) is -0.0734. The molecule has 5 heteroatoms. The van der Waals surface area contributed by atoms with Crippen LogP contribution in [0.15, 0.2) is 53.0 Å². The van der Waals surface area contributed by atoms with Crippen molar-refractivity contribution in [2.24, 2.45) is 0 Å². The molecule has 0 heterocycles. The van der Waals surface area contributed by atoms with Gasteiger partial charge in [-0.25, -0.2) is 4.79 Å². The molecule has 0 aliphatic heterocycles. The van der Waals surface area contributed by atoms with Gasteiger partial charge in [-0.05, 0) is 52.7 Å². The van der Waals surface area contributed by atoms with E-state index in [0.717, 1.165) is 24.4 Å². The molecule has 2 aromatic rings. The molecule has 21 heavy (non-hydrogen) atoms. The van der Waals surface area contributed by atoms with Crippen molar-refractivity contribution < 1.29 is 14.6 Å². The molecule has 0 saturated carbocycles. The largest absolute Gasteiger partial charge is 0.494 e. The van der Waals surface area contributed by atoms with Crippen LogP contribution in [0.3, 0.4) is 0 Å². The molecule has 0 spiro atoms. The summed E-state index contributed by atoms with van der Waals surface area (Å²) in [6.07, 6.45) is 0.854. The molecule has 0 fully saturated rings. The lowest BCUT2D eigenvalue weighted by atomic mass is 10.2. The van der Waals surface area contributed by atoms with E-state index in [0.29, 0.717) is 11.1 Å². The Hall–Kier alpha value is -2.01. The van der Waals surface area contributed by atoms with Crippen molar-refractivity contribution in [3.8, 4) is 5.75 Å². The molecular formula is C16H16BrNO3. The monoisotopic (exact) mass is 349 g/mol. The summed E-state index contributed by atoms with van der Waals surface area (Å²) < 4.78 is 6.16. The first-order valence-electron chi connectivity index (χ1n) is 6.61. The molecule has 0 radical (unpaired) electrons. The molecule has 2 N–H and O–H groups in total. The van der Waals surface area contributed by atoms with Crippen LogP contribution < -0.4 is 10.1 Å². The fourth-order valence-electron chi connectivity index (χ4n) is 1.81. The molecule has 0 unspecified atom stereocenters. The van der Waals surface area contributed by atoms with Crippen LogP contribution >= 0.6 is 15.9 Å². The second-order valence-corrected chi connectivity index (χ2v) is 5.30. The van der Waals surface area contributed by atoms with Crippen molar-refractivity contribution in [2.45, 2.75) is 6.42 Å². The lowest BCUT2D eigenvalue weighted by Crippen LogP contribution is -2.07. The topological polar surface area (TPSA) is 58.6 Å². The Morgan fingerprint density at radius 2 is 1.95 bits per heavy atom. The van der Waals surface area contributed by atoms with Crippen molar-refractivity contribution >= 4 is 27.6 Å². The van der Waals surface area contributed by atoms with Crippen LogP contribution in [0.25, 0.3) is 0 Å². The Morgan fingerprint density at radius 3 is 2.62 bits per heavy atom. The van der Waals surface area contributed by atoms with Gasteiger partial charge in [0.15, 0.2) is 0 Å². The van der Waals surface area contributed by atoms with Crippen molar-refractivity contribution in [2.75, 3.05) is 18.5 Å². The van der Waals surface area contributed by atoms with Crippen LogP contribution in [-0.4, -0.2) is 24.2 Å². The summed E-state index contributed by atoms with van der Waals surface area (Å²) in [7, 11) is 0. The van der Waals surface area contributed by atoms with Crippen molar-refractivity contribution in [1.29, 1.82) is 0 Å². The van der Waals surface area contributed by atoms with E-state index in [9.17, 15) is 4.79 Å². The van der Waals surface area contributed by atoms with Gasteiger partial charge in [0.25, 0.3) is 0 Å². The lowest BCUT2D eigenvalue weighted by molar-refractivity contribution is 0.0696.